The quantitative estimate of drug-likeness (QED) is 0.201. The SMILES string of the molecule is Cc1ccccc1-c1cccc(-c2cc3c(cc2C)-c2cc4c(cc2C3(C)C)c2c3c(c5ccccc5n34)CCC=2)c1C. The number of benzene rings is 5. The van der Waals surface area contributed by atoms with Crippen molar-refractivity contribution in [2.45, 2.75) is 52.9 Å². The number of rotatable bonds is 2. The number of hydrogen-bond donors (Lipinski definition) is 0. The zero-order valence-corrected chi connectivity index (χ0v) is 25.6. The van der Waals surface area contributed by atoms with Crippen LogP contribution in [0.4, 0.5) is 0 Å². The lowest BCUT2D eigenvalue weighted by molar-refractivity contribution is 0.661. The maximum Gasteiger partial charge on any atom is 0.0576 e. The molecule has 0 unspecified atom stereocenters. The highest BCUT2D eigenvalue weighted by Crippen LogP contribution is 2.52. The predicted molar refractivity (Wildman–Crippen MR) is 183 cm³/mol. The van der Waals surface area contributed by atoms with E-state index in [0.717, 1.165) is 12.8 Å². The van der Waals surface area contributed by atoms with Crippen molar-refractivity contribution in [3.8, 4) is 33.4 Å². The van der Waals surface area contributed by atoms with E-state index in [2.05, 4.69) is 136 Å². The fraction of sp³-hybridized carbons (Fsp3) is 0.190. The summed E-state index contributed by atoms with van der Waals surface area (Å²) in [4.78, 5) is 0. The minimum atomic E-state index is -0.0823. The van der Waals surface area contributed by atoms with E-state index in [1.54, 1.807) is 0 Å². The first-order valence-corrected chi connectivity index (χ1v) is 15.7. The predicted octanol–water partition coefficient (Wildman–Crippen LogP) is 10.3. The molecule has 0 N–H and O–H groups in total. The maximum absolute atomic E-state index is 2.55. The Bertz CT molecular complexity index is 2390. The van der Waals surface area contributed by atoms with Crippen molar-refractivity contribution >= 4 is 33.4 Å². The van der Waals surface area contributed by atoms with Gasteiger partial charge in [-0.2, -0.15) is 0 Å². The van der Waals surface area contributed by atoms with Gasteiger partial charge in [0.15, 0.2) is 0 Å². The van der Waals surface area contributed by atoms with E-state index < -0.39 is 0 Å². The molecule has 43 heavy (non-hydrogen) atoms. The molecule has 5 aromatic carbocycles. The molecule has 0 fully saturated rings. The van der Waals surface area contributed by atoms with E-state index in [1.807, 2.05) is 0 Å². The fourth-order valence-electron chi connectivity index (χ4n) is 8.49. The van der Waals surface area contributed by atoms with Crippen LogP contribution in [-0.4, -0.2) is 4.40 Å². The van der Waals surface area contributed by atoms with Crippen LogP contribution in [0, 0.1) is 20.8 Å². The molecule has 1 heteroatoms. The van der Waals surface area contributed by atoms with Gasteiger partial charge in [0.25, 0.3) is 0 Å². The van der Waals surface area contributed by atoms with Crippen LogP contribution in [0.2, 0.25) is 0 Å². The third-order valence-corrected chi connectivity index (χ3v) is 10.7. The van der Waals surface area contributed by atoms with Crippen LogP contribution < -0.4 is 5.22 Å². The van der Waals surface area contributed by atoms with Gasteiger partial charge in [-0.15, -0.1) is 0 Å². The van der Waals surface area contributed by atoms with Gasteiger partial charge < -0.3 is 4.40 Å². The molecule has 208 valence electrons. The summed E-state index contributed by atoms with van der Waals surface area (Å²) < 4.78 is 2.55. The van der Waals surface area contributed by atoms with Crippen LogP contribution in [0.25, 0.3) is 66.8 Å². The van der Waals surface area contributed by atoms with Gasteiger partial charge in [0.2, 0.25) is 0 Å². The molecule has 0 atom stereocenters. The number of para-hydroxylation sites is 1. The lowest BCUT2D eigenvalue weighted by atomic mass is 9.80. The normalized spacial score (nSPS) is 14.8. The molecule has 9 rings (SSSR count). The molecule has 0 aliphatic heterocycles. The van der Waals surface area contributed by atoms with E-state index in [1.165, 1.54) is 99.3 Å². The van der Waals surface area contributed by atoms with Crippen molar-refractivity contribution < 1.29 is 0 Å². The van der Waals surface area contributed by atoms with E-state index >= 15 is 0 Å². The summed E-state index contributed by atoms with van der Waals surface area (Å²) in [6.07, 6.45) is 4.72. The van der Waals surface area contributed by atoms with Crippen LogP contribution in [0.1, 0.15) is 53.6 Å². The molecule has 2 heterocycles. The number of aromatic nitrogens is 1. The average Bonchev–Trinajstić information content (AvgIpc) is 3.59. The van der Waals surface area contributed by atoms with Crippen LogP contribution in [0.15, 0.2) is 91.0 Å². The van der Waals surface area contributed by atoms with E-state index in [9.17, 15) is 0 Å². The first-order valence-electron chi connectivity index (χ1n) is 15.7. The number of aryl methyl sites for hydroxylation is 3. The second-order valence-corrected chi connectivity index (χ2v) is 13.4. The van der Waals surface area contributed by atoms with E-state index in [0.29, 0.717) is 0 Å². The number of hydrogen-bond acceptors (Lipinski definition) is 0. The first-order chi connectivity index (χ1) is 20.8. The lowest BCUT2D eigenvalue weighted by Crippen LogP contribution is -2.16. The Morgan fingerprint density at radius 2 is 1.28 bits per heavy atom. The highest BCUT2D eigenvalue weighted by Gasteiger charge is 2.37. The third kappa shape index (κ3) is 3.18. The second-order valence-electron chi connectivity index (χ2n) is 13.4. The summed E-state index contributed by atoms with van der Waals surface area (Å²) in [6, 6.07) is 34.5. The second kappa shape index (κ2) is 8.48. The summed E-state index contributed by atoms with van der Waals surface area (Å²) in [5.41, 5.74) is 20.5. The van der Waals surface area contributed by atoms with Gasteiger partial charge in [-0.3, -0.25) is 0 Å². The minimum Gasteiger partial charge on any atom is -0.308 e. The van der Waals surface area contributed by atoms with Gasteiger partial charge in [0.1, 0.15) is 0 Å². The Labute approximate surface area is 253 Å². The number of nitrogens with zero attached hydrogens (tertiary/aromatic N) is 1. The highest BCUT2D eigenvalue weighted by atomic mass is 14.9. The fourth-order valence-corrected chi connectivity index (χ4v) is 8.49. The summed E-state index contributed by atoms with van der Waals surface area (Å²) >= 11 is 0. The molecule has 7 aromatic rings. The van der Waals surface area contributed by atoms with Crippen LogP contribution in [0.3, 0.4) is 0 Å². The Morgan fingerprint density at radius 1 is 0.581 bits per heavy atom. The minimum absolute atomic E-state index is 0.0823. The van der Waals surface area contributed by atoms with Gasteiger partial charge >= 0.3 is 0 Å². The van der Waals surface area contributed by atoms with Crippen molar-refractivity contribution in [3.05, 3.63) is 130 Å². The Balaban J connectivity index is 1.29. The van der Waals surface area contributed by atoms with Crippen molar-refractivity contribution in [1.82, 2.24) is 4.40 Å². The molecule has 0 saturated carbocycles. The Kier molecular flexibility index (Phi) is 4.92. The molecule has 0 spiro atoms. The molecule has 0 bridgehead atoms. The molecular weight excluding hydrogens is 518 g/mol. The highest BCUT2D eigenvalue weighted by molar-refractivity contribution is 6.05. The lowest BCUT2D eigenvalue weighted by Gasteiger charge is -2.23. The first kappa shape index (κ1) is 24.9. The summed E-state index contributed by atoms with van der Waals surface area (Å²) in [5, 5.41) is 4.25. The molecular formula is C42H35N. The Morgan fingerprint density at radius 3 is 2.12 bits per heavy atom. The Hall–Kier alpha value is -4.62. The monoisotopic (exact) mass is 553 g/mol. The van der Waals surface area contributed by atoms with Crippen LogP contribution in [-0.2, 0) is 11.8 Å². The van der Waals surface area contributed by atoms with Crippen LogP contribution >= 0.6 is 0 Å². The van der Waals surface area contributed by atoms with Gasteiger partial charge in [-0.05, 0) is 125 Å². The molecule has 1 nitrogen and oxygen atoms in total. The van der Waals surface area contributed by atoms with Gasteiger partial charge in [0, 0.05) is 21.4 Å². The topological polar surface area (TPSA) is 4.41 Å². The van der Waals surface area contributed by atoms with Crippen LogP contribution in [0.5, 0.6) is 0 Å². The average molecular weight is 554 g/mol. The molecule has 2 aliphatic rings. The van der Waals surface area contributed by atoms with E-state index in [-0.39, 0.29) is 5.41 Å². The van der Waals surface area contributed by atoms with Gasteiger partial charge in [-0.25, -0.2) is 0 Å². The molecule has 2 aliphatic carbocycles. The molecule has 2 aromatic heterocycles. The molecule has 0 saturated heterocycles. The van der Waals surface area contributed by atoms with Crippen molar-refractivity contribution in [1.29, 1.82) is 0 Å². The number of fused-ring (bicyclic) bond motifs is 9. The summed E-state index contributed by atoms with van der Waals surface area (Å²) in [6.45, 7) is 11.6. The van der Waals surface area contributed by atoms with Crippen molar-refractivity contribution in [2.75, 3.05) is 0 Å². The maximum atomic E-state index is 2.55. The molecule has 0 amide bonds. The zero-order chi connectivity index (χ0) is 29.2. The van der Waals surface area contributed by atoms with Crippen molar-refractivity contribution in [2.24, 2.45) is 0 Å². The smallest absolute Gasteiger partial charge is 0.0576 e. The van der Waals surface area contributed by atoms with Crippen molar-refractivity contribution in [3.63, 3.8) is 0 Å². The largest absolute Gasteiger partial charge is 0.308 e. The summed E-state index contributed by atoms with van der Waals surface area (Å²) in [7, 11) is 0. The standard InChI is InChI=1S/C42H35N/c1-24-12-6-7-13-27(24)28-15-10-16-29(26(28)3)33-21-37-34(20-25(33)2)35-23-40-36(22-38(35)42(37,4)5)32-18-11-17-31-30-14-8-9-19-39(30)43(40)41(31)32/h6-10,12-16,18-23H,11,17H2,1-5H3. The van der Waals surface area contributed by atoms with E-state index in [4.69, 9.17) is 0 Å². The third-order valence-electron chi connectivity index (χ3n) is 10.7. The molecule has 0 radical (unpaired) electrons. The van der Waals surface area contributed by atoms with Gasteiger partial charge in [-0.1, -0.05) is 86.7 Å². The summed E-state index contributed by atoms with van der Waals surface area (Å²) in [5.74, 6) is 0. The zero-order valence-electron chi connectivity index (χ0n) is 25.6. The van der Waals surface area contributed by atoms with Gasteiger partial charge in [0.05, 0.1) is 16.6 Å².